The molecule has 3 rings (SSSR count). The molecule has 0 fully saturated rings. The second kappa shape index (κ2) is 11.7. The average molecular weight is 497 g/mol. The van der Waals surface area contributed by atoms with Crippen LogP contribution in [0.5, 0.6) is 11.5 Å². The van der Waals surface area contributed by atoms with Crippen LogP contribution in [0, 0.1) is 6.92 Å². The van der Waals surface area contributed by atoms with E-state index in [9.17, 15) is 4.79 Å². The van der Waals surface area contributed by atoms with Gasteiger partial charge in [0.2, 0.25) is 0 Å². The largest absolute Gasteiger partial charge is 0.490 e. The summed E-state index contributed by atoms with van der Waals surface area (Å²) in [7, 11) is 0. The Bertz CT molecular complexity index is 1020. The fourth-order valence-corrected chi connectivity index (χ4v) is 3.83. The molecule has 1 amide bonds. The van der Waals surface area contributed by atoms with E-state index in [1.807, 2.05) is 68.4 Å². The molecular formula is C26H29BrN2O3. The first-order valence-corrected chi connectivity index (χ1v) is 11.5. The Kier molecular flexibility index (Phi) is 8.71. The molecule has 168 valence electrons. The van der Waals surface area contributed by atoms with Crippen LogP contribution in [0.3, 0.4) is 0 Å². The SMILES string of the molecule is CCOc1cc(CN[C@H](C)c2ccccc2)cc(Br)c1OCC(=O)Nc1ccc(C)cc1. The number of halogens is 1. The normalized spacial score (nSPS) is 11.6. The van der Waals surface area contributed by atoms with E-state index in [2.05, 4.69) is 45.6 Å². The lowest BCUT2D eigenvalue weighted by atomic mass is 10.1. The molecule has 3 aromatic carbocycles. The highest BCUT2D eigenvalue weighted by atomic mass is 79.9. The van der Waals surface area contributed by atoms with Crippen molar-refractivity contribution < 1.29 is 14.3 Å². The van der Waals surface area contributed by atoms with Crippen molar-refractivity contribution in [1.29, 1.82) is 0 Å². The standard InChI is InChI=1S/C26H29BrN2O3/c1-4-31-24-15-20(16-28-19(3)21-8-6-5-7-9-21)14-23(27)26(24)32-17-25(30)29-22-12-10-18(2)11-13-22/h5-15,19,28H,4,16-17H2,1-3H3,(H,29,30)/t19-/m1/s1. The van der Waals surface area contributed by atoms with Crippen LogP contribution in [0.2, 0.25) is 0 Å². The van der Waals surface area contributed by atoms with Crippen molar-refractivity contribution in [2.75, 3.05) is 18.5 Å². The number of rotatable bonds is 10. The molecule has 0 spiro atoms. The lowest BCUT2D eigenvalue weighted by molar-refractivity contribution is -0.118. The number of benzene rings is 3. The zero-order chi connectivity index (χ0) is 22.9. The van der Waals surface area contributed by atoms with Gasteiger partial charge in [-0.15, -0.1) is 0 Å². The fraction of sp³-hybridized carbons (Fsp3) is 0.269. The number of nitrogens with one attached hydrogen (secondary N) is 2. The molecule has 0 bridgehead atoms. The highest BCUT2D eigenvalue weighted by Crippen LogP contribution is 2.37. The lowest BCUT2D eigenvalue weighted by Crippen LogP contribution is -2.21. The smallest absolute Gasteiger partial charge is 0.262 e. The van der Waals surface area contributed by atoms with Crippen LogP contribution in [0.4, 0.5) is 5.69 Å². The zero-order valence-electron chi connectivity index (χ0n) is 18.7. The second-order valence-electron chi connectivity index (χ2n) is 7.55. The topological polar surface area (TPSA) is 59.6 Å². The molecule has 6 heteroatoms. The first-order chi connectivity index (χ1) is 15.5. The van der Waals surface area contributed by atoms with Gasteiger partial charge in [0, 0.05) is 18.3 Å². The van der Waals surface area contributed by atoms with Crippen LogP contribution in [0.15, 0.2) is 71.2 Å². The van der Waals surface area contributed by atoms with Crippen molar-refractivity contribution in [2.24, 2.45) is 0 Å². The number of hydrogen-bond donors (Lipinski definition) is 2. The quantitative estimate of drug-likeness (QED) is 0.360. The van der Waals surface area contributed by atoms with Crippen LogP contribution in [-0.2, 0) is 11.3 Å². The van der Waals surface area contributed by atoms with Crippen LogP contribution in [0.1, 0.15) is 36.6 Å². The Hall–Kier alpha value is -2.83. The molecule has 0 aromatic heterocycles. The van der Waals surface area contributed by atoms with Crippen molar-refractivity contribution >= 4 is 27.5 Å². The van der Waals surface area contributed by atoms with Gasteiger partial charge in [-0.3, -0.25) is 4.79 Å². The number of amides is 1. The highest BCUT2D eigenvalue weighted by Gasteiger charge is 2.15. The van der Waals surface area contributed by atoms with E-state index < -0.39 is 0 Å². The Morgan fingerprint density at radius 2 is 1.75 bits per heavy atom. The molecule has 1 atom stereocenters. The third-order valence-electron chi connectivity index (χ3n) is 4.96. The minimum Gasteiger partial charge on any atom is -0.490 e. The summed E-state index contributed by atoms with van der Waals surface area (Å²) in [5.41, 5.74) is 4.16. The molecule has 0 unspecified atom stereocenters. The zero-order valence-corrected chi connectivity index (χ0v) is 20.2. The molecule has 2 N–H and O–H groups in total. The average Bonchev–Trinajstić information content (AvgIpc) is 2.79. The number of aryl methyl sites for hydroxylation is 1. The molecule has 3 aromatic rings. The third-order valence-corrected chi connectivity index (χ3v) is 5.55. The van der Waals surface area contributed by atoms with Crippen molar-refractivity contribution in [2.45, 2.75) is 33.4 Å². The van der Waals surface area contributed by atoms with E-state index in [0.29, 0.717) is 24.7 Å². The summed E-state index contributed by atoms with van der Waals surface area (Å²) in [5, 5.41) is 6.37. The van der Waals surface area contributed by atoms with Gasteiger partial charge in [0.15, 0.2) is 18.1 Å². The fourth-order valence-electron chi connectivity index (χ4n) is 3.23. The summed E-state index contributed by atoms with van der Waals surface area (Å²) < 4.78 is 12.4. The van der Waals surface area contributed by atoms with E-state index in [4.69, 9.17) is 9.47 Å². The van der Waals surface area contributed by atoms with E-state index in [-0.39, 0.29) is 18.6 Å². The summed E-state index contributed by atoms with van der Waals surface area (Å²) in [6, 6.07) is 22.1. The van der Waals surface area contributed by atoms with Crippen LogP contribution < -0.4 is 20.1 Å². The summed E-state index contributed by atoms with van der Waals surface area (Å²) >= 11 is 3.58. The number of hydrogen-bond acceptors (Lipinski definition) is 4. The molecule has 0 radical (unpaired) electrons. The van der Waals surface area contributed by atoms with Gasteiger partial charge in [-0.05, 0) is 72.1 Å². The van der Waals surface area contributed by atoms with E-state index in [1.165, 1.54) is 5.56 Å². The van der Waals surface area contributed by atoms with E-state index >= 15 is 0 Å². The van der Waals surface area contributed by atoms with Gasteiger partial charge in [0.1, 0.15) is 0 Å². The molecule has 5 nitrogen and oxygen atoms in total. The predicted octanol–water partition coefficient (Wildman–Crippen LogP) is 6.02. The maximum absolute atomic E-state index is 12.3. The summed E-state index contributed by atoms with van der Waals surface area (Å²) in [4.78, 5) is 12.3. The molecule has 0 aliphatic rings. The monoisotopic (exact) mass is 496 g/mol. The molecule has 32 heavy (non-hydrogen) atoms. The summed E-state index contributed by atoms with van der Waals surface area (Å²) in [5.74, 6) is 0.894. The molecule has 0 aliphatic heterocycles. The van der Waals surface area contributed by atoms with Gasteiger partial charge in [-0.25, -0.2) is 0 Å². The van der Waals surface area contributed by atoms with Gasteiger partial charge in [0.05, 0.1) is 11.1 Å². The lowest BCUT2D eigenvalue weighted by Gasteiger charge is -2.18. The Morgan fingerprint density at radius 1 is 1.03 bits per heavy atom. The number of carbonyl (C=O) groups excluding carboxylic acids is 1. The number of anilines is 1. The van der Waals surface area contributed by atoms with Gasteiger partial charge >= 0.3 is 0 Å². The Morgan fingerprint density at radius 3 is 2.44 bits per heavy atom. The molecular weight excluding hydrogens is 468 g/mol. The van der Waals surface area contributed by atoms with Crippen LogP contribution in [0.25, 0.3) is 0 Å². The molecule has 0 saturated carbocycles. The summed E-state index contributed by atoms with van der Waals surface area (Å²) in [6.45, 7) is 7.11. The third kappa shape index (κ3) is 6.84. The second-order valence-corrected chi connectivity index (χ2v) is 8.41. The predicted molar refractivity (Wildman–Crippen MR) is 132 cm³/mol. The first kappa shape index (κ1) is 23.8. The number of ether oxygens (including phenoxy) is 2. The van der Waals surface area contributed by atoms with Crippen LogP contribution >= 0.6 is 15.9 Å². The van der Waals surface area contributed by atoms with Crippen molar-refractivity contribution in [3.05, 3.63) is 87.9 Å². The molecule has 0 saturated heterocycles. The van der Waals surface area contributed by atoms with Gasteiger partial charge in [0.25, 0.3) is 5.91 Å². The Labute approximate surface area is 198 Å². The minimum absolute atomic E-state index is 0.116. The van der Waals surface area contributed by atoms with Crippen molar-refractivity contribution in [3.8, 4) is 11.5 Å². The molecule has 0 aliphatic carbocycles. The van der Waals surface area contributed by atoms with E-state index in [1.54, 1.807) is 0 Å². The van der Waals surface area contributed by atoms with E-state index in [0.717, 1.165) is 21.3 Å². The van der Waals surface area contributed by atoms with Crippen LogP contribution in [-0.4, -0.2) is 19.1 Å². The van der Waals surface area contributed by atoms with Crippen molar-refractivity contribution in [1.82, 2.24) is 5.32 Å². The van der Waals surface area contributed by atoms with Gasteiger partial charge in [-0.2, -0.15) is 0 Å². The van der Waals surface area contributed by atoms with Crippen molar-refractivity contribution in [3.63, 3.8) is 0 Å². The van der Waals surface area contributed by atoms with Gasteiger partial charge in [-0.1, -0.05) is 48.0 Å². The maximum Gasteiger partial charge on any atom is 0.262 e. The Balaban J connectivity index is 1.64. The summed E-state index contributed by atoms with van der Waals surface area (Å²) in [6.07, 6.45) is 0. The first-order valence-electron chi connectivity index (χ1n) is 10.7. The maximum atomic E-state index is 12.3. The highest BCUT2D eigenvalue weighted by molar-refractivity contribution is 9.10. The van der Waals surface area contributed by atoms with Gasteiger partial charge < -0.3 is 20.1 Å². The number of carbonyl (C=O) groups is 1. The molecule has 0 heterocycles. The minimum atomic E-state index is -0.231.